The van der Waals surface area contributed by atoms with Crippen LogP contribution in [0.4, 0.5) is 4.79 Å². The molecule has 0 atom stereocenters. The van der Waals surface area contributed by atoms with E-state index in [1.165, 1.54) is 10.2 Å². The molecule has 3 rings (SSSR count). The lowest BCUT2D eigenvalue weighted by Crippen LogP contribution is -2.33. The molecule has 1 amide bonds. The molecule has 1 N–H and O–H groups in total. The molecule has 0 aliphatic carbocycles. The molecule has 7 nitrogen and oxygen atoms in total. The average molecular weight is 416 g/mol. The first-order valence-corrected chi connectivity index (χ1v) is 10.8. The van der Waals surface area contributed by atoms with Crippen LogP contribution in [-0.2, 0) is 21.2 Å². The highest BCUT2D eigenvalue weighted by molar-refractivity contribution is 7.90. The number of pyridine rings is 1. The Kier molecular flexibility index (Phi) is 5.93. The van der Waals surface area contributed by atoms with Crippen LogP contribution in [0.2, 0.25) is 0 Å². The zero-order chi connectivity index (χ0) is 21.1. The fourth-order valence-electron chi connectivity index (χ4n) is 2.88. The van der Waals surface area contributed by atoms with E-state index < -0.39 is 21.7 Å². The zero-order valence-electron chi connectivity index (χ0n) is 16.8. The summed E-state index contributed by atoms with van der Waals surface area (Å²) in [6.45, 7) is 5.93. The SMILES string of the molecule is CC(C)(C)OC(=O)NCCCc1cnc2c(ccn2S(=O)(=O)c2ccccc2)c1. The average Bonchev–Trinajstić information content (AvgIpc) is 3.08. The van der Waals surface area contributed by atoms with E-state index in [0.717, 1.165) is 17.4 Å². The first kappa shape index (κ1) is 20.9. The number of rotatable bonds is 6. The minimum atomic E-state index is -3.69. The second-order valence-electron chi connectivity index (χ2n) is 7.72. The number of aryl methyl sites for hydroxylation is 1. The maximum absolute atomic E-state index is 12.8. The molecular formula is C21H25N3O4S. The number of nitrogens with one attached hydrogen (secondary N) is 1. The van der Waals surface area contributed by atoms with Crippen molar-refractivity contribution in [1.29, 1.82) is 0 Å². The lowest BCUT2D eigenvalue weighted by Gasteiger charge is -2.19. The number of hydrogen-bond acceptors (Lipinski definition) is 5. The van der Waals surface area contributed by atoms with Crippen molar-refractivity contribution in [3.8, 4) is 0 Å². The Morgan fingerprint density at radius 2 is 1.90 bits per heavy atom. The lowest BCUT2D eigenvalue weighted by molar-refractivity contribution is 0.0527. The Morgan fingerprint density at radius 3 is 2.59 bits per heavy atom. The normalized spacial score (nSPS) is 12.1. The van der Waals surface area contributed by atoms with Crippen molar-refractivity contribution in [2.75, 3.05) is 6.54 Å². The van der Waals surface area contributed by atoms with E-state index in [4.69, 9.17) is 4.74 Å². The predicted octanol–water partition coefficient (Wildman–Crippen LogP) is 3.73. The van der Waals surface area contributed by atoms with Gasteiger partial charge in [-0.05, 0) is 63.4 Å². The Morgan fingerprint density at radius 1 is 1.17 bits per heavy atom. The first-order valence-electron chi connectivity index (χ1n) is 9.40. The maximum Gasteiger partial charge on any atom is 0.407 e. The standard InChI is InChI=1S/C21H25N3O4S/c1-21(2,3)28-20(25)22-12-7-8-16-14-17-11-13-24(19(17)23-15-16)29(26,27)18-9-5-4-6-10-18/h4-6,9-11,13-15H,7-8,12H2,1-3H3,(H,22,25). The Bertz CT molecular complexity index is 1100. The summed E-state index contributed by atoms with van der Waals surface area (Å²) in [5, 5.41) is 3.48. The van der Waals surface area contributed by atoms with Crippen LogP contribution in [0.25, 0.3) is 11.0 Å². The zero-order valence-corrected chi connectivity index (χ0v) is 17.6. The van der Waals surface area contributed by atoms with Crippen LogP contribution in [-0.4, -0.2) is 35.6 Å². The van der Waals surface area contributed by atoms with Crippen LogP contribution >= 0.6 is 0 Å². The number of carbonyl (C=O) groups is 1. The highest BCUT2D eigenvalue weighted by atomic mass is 32.2. The van der Waals surface area contributed by atoms with Gasteiger partial charge in [0, 0.05) is 24.3 Å². The van der Waals surface area contributed by atoms with Gasteiger partial charge in [0.25, 0.3) is 10.0 Å². The van der Waals surface area contributed by atoms with Gasteiger partial charge in [0.15, 0.2) is 5.65 Å². The second-order valence-corrected chi connectivity index (χ2v) is 9.53. The summed E-state index contributed by atoms with van der Waals surface area (Å²) in [7, 11) is -3.69. The largest absolute Gasteiger partial charge is 0.444 e. The van der Waals surface area contributed by atoms with Gasteiger partial charge in [-0.3, -0.25) is 0 Å². The molecule has 8 heteroatoms. The monoisotopic (exact) mass is 415 g/mol. The summed E-state index contributed by atoms with van der Waals surface area (Å²) in [6, 6.07) is 11.9. The van der Waals surface area contributed by atoms with Crippen LogP contribution in [0, 0.1) is 0 Å². The van der Waals surface area contributed by atoms with Crippen molar-refractivity contribution in [2.24, 2.45) is 0 Å². The fourth-order valence-corrected chi connectivity index (χ4v) is 4.21. The molecule has 3 aromatic rings. The van der Waals surface area contributed by atoms with E-state index in [9.17, 15) is 13.2 Å². The Labute approximate surface area is 170 Å². The van der Waals surface area contributed by atoms with E-state index in [1.54, 1.807) is 42.6 Å². The van der Waals surface area contributed by atoms with Crippen molar-refractivity contribution in [3.05, 3.63) is 60.4 Å². The van der Waals surface area contributed by atoms with Crippen LogP contribution in [0.1, 0.15) is 32.8 Å². The molecule has 0 aliphatic rings. The number of fused-ring (bicyclic) bond motifs is 1. The van der Waals surface area contributed by atoms with Crippen molar-refractivity contribution in [3.63, 3.8) is 0 Å². The third-order valence-corrected chi connectivity index (χ3v) is 5.84. The molecule has 0 radical (unpaired) electrons. The molecule has 2 aromatic heterocycles. The van der Waals surface area contributed by atoms with E-state index in [2.05, 4.69) is 10.3 Å². The summed E-state index contributed by atoms with van der Waals surface area (Å²) in [5.74, 6) is 0. The van der Waals surface area contributed by atoms with Crippen LogP contribution in [0.15, 0.2) is 59.8 Å². The molecule has 0 unspecified atom stereocenters. The molecule has 0 spiro atoms. The number of benzene rings is 1. The van der Waals surface area contributed by atoms with Gasteiger partial charge in [0.05, 0.1) is 4.90 Å². The summed E-state index contributed by atoms with van der Waals surface area (Å²) < 4.78 is 32.1. The number of carbonyl (C=O) groups excluding carboxylic acids is 1. The topological polar surface area (TPSA) is 90.3 Å². The molecule has 1 aromatic carbocycles. The van der Waals surface area contributed by atoms with Crippen molar-refractivity contribution >= 4 is 27.1 Å². The Hall–Kier alpha value is -2.87. The second kappa shape index (κ2) is 8.24. The number of aromatic nitrogens is 2. The quantitative estimate of drug-likeness (QED) is 0.620. The minimum Gasteiger partial charge on any atom is -0.444 e. The van der Waals surface area contributed by atoms with Crippen molar-refractivity contribution in [1.82, 2.24) is 14.3 Å². The molecule has 29 heavy (non-hydrogen) atoms. The van der Waals surface area contributed by atoms with Gasteiger partial charge in [-0.25, -0.2) is 22.2 Å². The van der Waals surface area contributed by atoms with Gasteiger partial charge in [0.1, 0.15) is 5.60 Å². The van der Waals surface area contributed by atoms with Crippen LogP contribution in [0.3, 0.4) is 0 Å². The van der Waals surface area contributed by atoms with Gasteiger partial charge < -0.3 is 10.1 Å². The highest BCUT2D eigenvalue weighted by Crippen LogP contribution is 2.21. The predicted molar refractivity (Wildman–Crippen MR) is 111 cm³/mol. The summed E-state index contributed by atoms with van der Waals surface area (Å²) in [5.41, 5.74) is 0.842. The fraction of sp³-hybridized carbons (Fsp3) is 0.333. The third-order valence-electron chi connectivity index (χ3n) is 4.16. The van der Waals surface area contributed by atoms with Gasteiger partial charge in [-0.2, -0.15) is 0 Å². The minimum absolute atomic E-state index is 0.219. The summed E-state index contributed by atoms with van der Waals surface area (Å²) in [6.07, 6.45) is 4.18. The molecular weight excluding hydrogens is 390 g/mol. The van der Waals surface area contributed by atoms with Crippen molar-refractivity contribution in [2.45, 2.75) is 44.1 Å². The highest BCUT2D eigenvalue weighted by Gasteiger charge is 2.19. The van der Waals surface area contributed by atoms with Crippen molar-refractivity contribution < 1.29 is 17.9 Å². The molecule has 0 aliphatic heterocycles. The first-order chi connectivity index (χ1) is 13.7. The van der Waals surface area contributed by atoms with Crippen LogP contribution in [0.5, 0.6) is 0 Å². The Balaban J connectivity index is 1.66. The maximum atomic E-state index is 12.8. The molecule has 0 saturated heterocycles. The smallest absolute Gasteiger partial charge is 0.407 e. The van der Waals surface area contributed by atoms with E-state index in [0.29, 0.717) is 18.6 Å². The number of nitrogens with zero attached hydrogens (tertiary/aromatic N) is 2. The number of ether oxygens (including phenoxy) is 1. The number of amides is 1. The van der Waals surface area contributed by atoms with E-state index in [1.807, 2.05) is 26.8 Å². The van der Waals surface area contributed by atoms with Gasteiger partial charge >= 0.3 is 6.09 Å². The summed E-state index contributed by atoms with van der Waals surface area (Å²) >= 11 is 0. The van der Waals surface area contributed by atoms with Crippen LogP contribution < -0.4 is 5.32 Å². The molecule has 0 fully saturated rings. The third kappa shape index (κ3) is 5.14. The van der Waals surface area contributed by atoms with Gasteiger partial charge in [0.2, 0.25) is 0 Å². The molecule has 0 bridgehead atoms. The number of alkyl carbamates (subject to hydrolysis) is 1. The van der Waals surface area contributed by atoms with E-state index in [-0.39, 0.29) is 4.90 Å². The molecule has 2 heterocycles. The lowest BCUT2D eigenvalue weighted by atomic mass is 10.1. The van der Waals surface area contributed by atoms with E-state index >= 15 is 0 Å². The molecule has 0 saturated carbocycles. The van der Waals surface area contributed by atoms with Gasteiger partial charge in [-0.15, -0.1) is 0 Å². The molecule has 154 valence electrons. The summed E-state index contributed by atoms with van der Waals surface area (Å²) in [4.78, 5) is 16.2. The number of hydrogen-bond donors (Lipinski definition) is 1. The van der Waals surface area contributed by atoms with Gasteiger partial charge in [-0.1, -0.05) is 18.2 Å².